The van der Waals surface area contributed by atoms with Crippen molar-refractivity contribution in [3.8, 4) is 5.75 Å². The van der Waals surface area contributed by atoms with E-state index >= 15 is 0 Å². The number of methoxy groups -OCH3 is 1. The highest BCUT2D eigenvalue weighted by Gasteiger charge is 2.41. The third kappa shape index (κ3) is 4.80. The Labute approximate surface area is 142 Å². The average molecular weight is 347 g/mol. The fraction of sp³-hybridized carbons (Fsp3) is 0.562. The Bertz CT molecular complexity index is 510. The Morgan fingerprint density at radius 3 is 2.61 bits per heavy atom. The van der Waals surface area contributed by atoms with Gasteiger partial charge >= 0.3 is 0 Å². The quantitative estimate of drug-likeness (QED) is 0.854. The van der Waals surface area contributed by atoms with E-state index in [4.69, 9.17) is 9.47 Å². The fourth-order valence-corrected chi connectivity index (χ4v) is 2.64. The Hall–Kier alpha value is -1.37. The lowest BCUT2D eigenvalue weighted by Gasteiger charge is -2.37. The second-order valence-electron chi connectivity index (χ2n) is 5.45. The second-order valence-corrected chi connectivity index (χ2v) is 5.45. The molecular formula is C16H24ClFN2O3. The minimum Gasteiger partial charge on any atom is -0.489 e. The second kappa shape index (κ2) is 9.05. The van der Waals surface area contributed by atoms with Crippen LogP contribution in [0.15, 0.2) is 24.3 Å². The van der Waals surface area contributed by atoms with Crippen molar-refractivity contribution in [1.82, 2.24) is 10.2 Å². The smallest absolute Gasteiger partial charge is 0.254 e. The first-order valence-electron chi connectivity index (χ1n) is 7.48. The predicted octanol–water partition coefficient (Wildman–Crippen LogP) is 1.85. The number of hydrogen-bond acceptors (Lipinski definition) is 4. The molecule has 1 heterocycles. The summed E-state index contributed by atoms with van der Waals surface area (Å²) in [5, 5.41) is 3.22. The maximum Gasteiger partial charge on any atom is 0.254 e. The van der Waals surface area contributed by atoms with Gasteiger partial charge in [0.1, 0.15) is 12.2 Å². The average Bonchev–Trinajstić information content (AvgIpc) is 2.56. The van der Waals surface area contributed by atoms with E-state index in [0.29, 0.717) is 19.4 Å². The molecule has 0 unspecified atom stereocenters. The lowest BCUT2D eigenvalue weighted by atomic mass is 9.90. The number of carbonyl (C=O) groups is 1. The first-order valence-corrected chi connectivity index (χ1v) is 7.48. The number of amides is 1. The summed E-state index contributed by atoms with van der Waals surface area (Å²) in [6.07, 6.45) is 1.31. The summed E-state index contributed by atoms with van der Waals surface area (Å²) in [6.45, 7) is 2.14. The molecular weight excluding hydrogens is 323 g/mol. The summed E-state index contributed by atoms with van der Waals surface area (Å²) < 4.78 is 24.3. The molecule has 0 radical (unpaired) electrons. The van der Waals surface area contributed by atoms with Gasteiger partial charge in [0.15, 0.2) is 11.6 Å². The number of benzene rings is 1. The van der Waals surface area contributed by atoms with Crippen LogP contribution in [0.3, 0.4) is 0 Å². The number of nitrogens with one attached hydrogen (secondary N) is 1. The summed E-state index contributed by atoms with van der Waals surface area (Å²) in [5.41, 5.74) is -0.752. The molecule has 0 bridgehead atoms. The van der Waals surface area contributed by atoms with Gasteiger partial charge in [-0.2, -0.15) is 0 Å². The van der Waals surface area contributed by atoms with Crippen molar-refractivity contribution in [2.24, 2.45) is 0 Å². The number of nitrogens with zero attached hydrogens (tertiary/aromatic N) is 1. The zero-order valence-corrected chi connectivity index (χ0v) is 14.3. The van der Waals surface area contributed by atoms with E-state index in [-0.39, 0.29) is 30.7 Å². The van der Waals surface area contributed by atoms with Crippen LogP contribution in [0.25, 0.3) is 0 Å². The molecule has 7 heteroatoms. The highest BCUT2D eigenvalue weighted by atomic mass is 35.5. The molecule has 1 saturated heterocycles. The van der Waals surface area contributed by atoms with Crippen LogP contribution < -0.4 is 10.1 Å². The molecule has 0 aromatic heterocycles. The monoisotopic (exact) mass is 346 g/mol. The van der Waals surface area contributed by atoms with Gasteiger partial charge < -0.3 is 19.7 Å². The van der Waals surface area contributed by atoms with Crippen molar-refractivity contribution in [2.45, 2.75) is 18.4 Å². The van der Waals surface area contributed by atoms with Crippen LogP contribution in [0.5, 0.6) is 5.75 Å². The van der Waals surface area contributed by atoms with Crippen molar-refractivity contribution >= 4 is 18.3 Å². The molecule has 2 rings (SSSR count). The third-order valence-electron chi connectivity index (χ3n) is 4.06. The van der Waals surface area contributed by atoms with Crippen molar-refractivity contribution in [1.29, 1.82) is 0 Å². The Kier molecular flexibility index (Phi) is 7.75. The van der Waals surface area contributed by atoms with Gasteiger partial charge in [0.2, 0.25) is 0 Å². The molecule has 23 heavy (non-hydrogen) atoms. The number of piperidine rings is 1. The third-order valence-corrected chi connectivity index (χ3v) is 4.06. The Morgan fingerprint density at radius 1 is 1.35 bits per heavy atom. The van der Waals surface area contributed by atoms with Crippen molar-refractivity contribution < 1.29 is 18.7 Å². The van der Waals surface area contributed by atoms with Crippen molar-refractivity contribution in [3.05, 3.63) is 30.1 Å². The first-order chi connectivity index (χ1) is 10.6. The molecule has 5 nitrogen and oxygen atoms in total. The van der Waals surface area contributed by atoms with Gasteiger partial charge in [0.25, 0.3) is 5.91 Å². The number of ether oxygens (including phenoxy) is 2. The normalized spacial score (nSPS) is 16.3. The van der Waals surface area contributed by atoms with Gasteiger partial charge in [0.05, 0.1) is 6.54 Å². The number of hydrogen-bond donors (Lipinski definition) is 1. The standard InChI is InChI=1S/C16H23FN2O3.ClH/c1-19(11-12-22-14-6-4-3-5-13(14)17)15(20)16(21-2)7-9-18-10-8-16;/h3-6,18H,7-12H2,1-2H3;1H. The number of halogens is 2. The minimum atomic E-state index is -0.752. The van der Waals surface area contributed by atoms with Gasteiger partial charge in [-0.05, 0) is 38.1 Å². The molecule has 0 saturated carbocycles. The first kappa shape index (κ1) is 19.7. The molecule has 1 aromatic carbocycles. The maximum absolute atomic E-state index is 13.4. The van der Waals surface area contributed by atoms with Gasteiger partial charge in [-0.3, -0.25) is 4.79 Å². The van der Waals surface area contributed by atoms with E-state index in [1.165, 1.54) is 6.07 Å². The predicted molar refractivity (Wildman–Crippen MR) is 88.6 cm³/mol. The summed E-state index contributed by atoms with van der Waals surface area (Å²) in [4.78, 5) is 14.2. The van der Waals surface area contributed by atoms with E-state index < -0.39 is 11.4 Å². The topological polar surface area (TPSA) is 50.8 Å². The summed E-state index contributed by atoms with van der Waals surface area (Å²) in [6, 6.07) is 6.24. The molecule has 1 amide bonds. The van der Waals surface area contributed by atoms with Gasteiger partial charge in [-0.25, -0.2) is 4.39 Å². The van der Waals surface area contributed by atoms with Crippen molar-refractivity contribution in [2.75, 3.05) is 40.4 Å². The van der Waals surface area contributed by atoms with Crippen LogP contribution >= 0.6 is 12.4 Å². The summed E-state index contributed by atoms with van der Waals surface area (Å²) >= 11 is 0. The highest BCUT2D eigenvalue weighted by molar-refractivity contribution is 5.85. The lowest BCUT2D eigenvalue weighted by Crippen LogP contribution is -2.55. The molecule has 1 aliphatic rings. The number of carbonyl (C=O) groups excluding carboxylic acids is 1. The van der Waals surface area contributed by atoms with Crippen molar-refractivity contribution in [3.63, 3.8) is 0 Å². The van der Waals surface area contributed by atoms with Crippen LogP contribution in [0.2, 0.25) is 0 Å². The molecule has 1 aromatic rings. The van der Waals surface area contributed by atoms with Crippen LogP contribution in [0, 0.1) is 5.82 Å². The lowest BCUT2D eigenvalue weighted by molar-refractivity contribution is -0.157. The SMILES string of the molecule is COC1(C(=O)N(C)CCOc2ccccc2F)CCNCC1.Cl. The van der Waals surface area contributed by atoms with Gasteiger partial charge in [-0.15, -0.1) is 12.4 Å². The zero-order valence-electron chi connectivity index (χ0n) is 13.5. The molecule has 0 atom stereocenters. The van der Waals surface area contributed by atoms with Gasteiger partial charge in [-0.1, -0.05) is 12.1 Å². The van der Waals surface area contributed by atoms with E-state index in [9.17, 15) is 9.18 Å². The van der Waals surface area contributed by atoms with E-state index in [1.807, 2.05) is 0 Å². The molecule has 1 fully saturated rings. The molecule has 1 N–H and O–H groups in total. The van der Waals surface area contributed by atoms with E-state index in [1.54, 1.807) is 37.3 Å². The minimum absolute atomic E-state index is 0. The molecule has 0 aliphatic carbocycles. The molecule has 1 aliphatic heterocycles. The largest absolute Gasteiger partial charge is 0.489 e. The van der Waals surface area contributed by atoms with Crippen LogP contribution in [0.4, 0.5) is 4.39 Å². The summed E-state index contributed by atoms with van der Waals surface area (Å²) in [7, 11) is 3.29. The van der Waals surface area contributed by atoms with E-state index in [2.05, 4.69) is 5.32 Å². The van der Waals surface area contributed by atoms with E-state index in [0.717, 1.165) is 13.1 Å². The summed E-state index contributed by atoms with van der Waals surface area (Å²) in [5.74, 6) is -0.247. The van der Waals surface area contributed by atoms with Crippen LogP contribution in [0.1, 0.15) is 12.8 Å². The van der Waals surface area contributed by atoms with Crippen LogP contribution in [-0.2, 0) is 9.53 Å². The highest BCUT2D eigenvalue weighted by Crippen LogP contribution is 2.24. The molecule has 130 valence electrons. The number of rotatable bonds is 6. The Morgan fingerprint density at radius 2 is 2.00 bits per heavy atom. The number of para-hydroxylation sites is 1. The maximum atomic E-state index is 13.4. The van der Waals surface area contributed by atoms with Gasteiger partial charge in [0, 0.05) is 14.2 Å². The zero-order chi connectivity index (χ0) is 16.0. The Balaban J connectivity index is 0.00000264. The van der Waals surface area contributed by atoms with Crippen LogP contribution in [-0.4, -0.2) is 56.8 Å². The fourth-order valence-electron chi connectivity index (χ4n) is 2.64. The number of likely N-dealkylation sites (N-methyl/N-ethyl adjacent to an activating group) is 1. The molecule has 0 spiro atoms.